The lowest BCUT2D eigenvalue weighted by Crippen LogP contribution is -2.00. The lowest BCUT2D eigenvalue weighted by atomic mass is 10.3. The molecule has 1 rings (SSSR count). The quantitative estimate of drug-likeness (QED) is 0.701. The van der Waals surface area contributed by atoms with Crippen LogP contribution >= 0.6 is 11.6 Å². The molecule has 0 aliphatic carbocycles. The molecule has 0 spiro atoms. The van der Waals surface area contributed by atoms with Gasteiger partial charge >= 0.3 is 0 Å². The van der Waals surface area contributed by atoms with Crippen molar-refractivity contribution < 1.29 is 4.74 Å². The minimum Gasteiger partial charge on any atom is -0.478 e. The smallest absolute Gasteiger partial charge is 0.218 e. The van der Waals surface area contributed by atoms with Crippen molar-refractivity contribution >= 4 is 11.6 Å². The summed E-state index contributed by atoms with van der Waals surface area (Å²) in [6, 6.07) is 1.63. The van der Waals surface area contributed by atoms with Crippen molar-refractivity contribution in [1.29, 1.82) is 0 Å². The fourth-order valence-corrected chi connectivity index (χ4v) is 1.19. The predicted octanol–water partition coefficient (Wildman–Crippen LogP) is 2.48. The second-order valence-electron chi connectivity index (χ2n) is 2.63. The third-order valence-corrected chi connectivity index (χ3v) is 1.68. The Hall–Kier alpha value is -0.830. The third kappa shape index (κ3) is 3.19. The van der Waals surface area contributed by atoms with E-state index in [4.69, 9.17) is 16.3 Å². The molecule has 0 unspecified atom stereocenters. The van der Waals surface area contributed by atoms with Crippen molar-refractivity contribution in [3.05, 3.63) is 17.0 Å². The van der Waals surface area contributed by atoms with Crippen LogP contribution in [-0.2, 0) is 6.42 Å². The highest BCUT2D eigenvalue weighted by Gasteiger charge is 2.02. The second kappa shape index (κ2) is 5.02. The Morgan fingerprint density at radius 1 is 1.38 bits per heavy atom. The minimum absolute atomic E-state index is 0.446. The predicted molar refractivity (Wildman–Crippen MR) is 52.2 cm³/mol. The van der Waals surface area contributed by atoms with Crippen molar-refractivity contribution in [3.8, 4) is 5.88 Å². The van der Waals surface area contributed by atoms with Crippen LogP contribution in [0.5, 0.6) is 5.88 Å². The SMILES string of the molecule is CCCc1nc(Cl)cc(OCC)n1. The molecule has 0 saturated heterocycles. The van der Waals surface area contributed by atoms with E-state index in [2.05, 4.69) is 16.9 Å². The molecule has 1 aromatic rings. The third-order valence-electron chi connectivity index (χ3n) is 1.48. The van der Waals surface area contributed by atoms with Gasteiger partial charge in [-0.25, -0.2) is 4.98 Å². The molecule has 1 heterocycles. The first kappa shape index (κ1) is 10.3. The maximum Gasteiger partial charge on any atom is 0.218 e. The van der Waals surface area contributed by atoms with E-state index in [0.717, 1.165) is 18.7 Å². The largest absolute Gasteiger partial charge is 0.478 e. The van der Waals surface area contributed by atoms with Crippen molar-refractivity contribution in [2.45, 2.75) is 26.7 Å². The van der Waals surface area contributed by atoms with Gasteiger partial charge in [-0.1, -0.05) is 18.5 Å². The Kier molecular flexibility index (Phi) is 3.96. The van der Waals surface area contributed by atoms with Crippen molar-refractivity contribution in [3.63, 3.8) is 0 Å². The maximum atomic E-state index is 5.79. The van der Waals surface area contributed by atoms with E-state index in [1.54, 1.807) is 6.07 Å². The molecule has 1 aromatic heterocycles. The normalized spacial score (nSPS) is 10.1. The minimum atomic E-state index is 0.446. The van der Waals surface area contributed by atoms with Crippen LogP contribution in [-0.4, -0.2) is 16.6 Å². The molecule has 72 valence electrons. The molecule has 0 amide bonds. The molecule has 3 nitrogen and oxygen atoms in total. The molecule has 0 atom stereocenters. The van der Waals surface area contributed by atoms with Gasteiger partial charge in [-0.15, -0.1) is 0 Å². The van der Waals surface area contributed by atoms with Gasteiger partial charge in [0.25, 0.3) is 0 Å². The molecular weight excluding hydrogens is 188 g/mol. The van der Waals surface area contributed by atoms with Crippen LogP contribution in [0, 0.1) is 0 Å². The van der Waals surface area contributed by atoms with E-state index < -0.39 is 0 Å². The Labute approximate surface area is 83.1 Å². The summed E-state index contributed by atoms with van der Waals surface area (Å²) in [5, 5.41) is 0.446. The Balaban J connectivity index is 2.83. The highest BCUT2D eigenvalue weighted by Crippen LogP contribution is 2.14. The van der Waals surface area contributed by atoms with E-state index in [1.165, 1.54) is 0 Å². The summed E-state index contributed by atoms with van der Waals surface area (Å²) in [5.41, 5.74) is 0. The number of rotatable bonds is 4. The van der Waals surface area contributed by atoms with Gasteiger partial charge in [-0.3, -0.25) is 0 Å². The molecule has 0 saturated carbocycles. The van der Waals surface area contributed by atoms with Crippen LogP contribution in [0.3, 0.4) is 0 Å². The fraction of sp³-hybridized carbons (Fsp3) is 0.556. The summed E-state index contributed by atoms with van der Waals surface area (Å²) in [6.07, 6.45) is 1.84. The van der Waals surface area contributed by atoms with Crippen molar-refractivity contribution in [2.75, 3.05) is 6.61 Å². The maximum absolute atomic E-state index is 5.79. The summed E-state index contributed by atoms with van der Waals surface area (Å²) in [4.78, 5) is 8.28. The van der Waals surface area contributed by atoms with Crippen molar-refractivity contribution in [1.82, 2.24) is 9.97 Å². The van der Waals surface area contributed by atoms with Gasteiger partial charge in [-0.05, 0) is 13.3 Å². The summed E-state index contributed by atoms with van der Waals surface area (Å²) in [7, 11) is 0. The van der Waals surface area contributed by atoms with Crippen LogP contribution in [0.25, 0.3) is 0 Å². The van der Waals surface area contributed by atoms with Gasteiger partial charge in [0.05, 0.1) is 6.61 Å². The van der Waals surface area contributed by atoms with Gasteiger partial charge in [0.1, 0.15) is 11.0 Å². The topological polar surface area (TPSA) is 35.0 Å². The van der Waals surface area contributed by atoms with Crippen LogP contribution in [0.2, 0.25) is 5.15 Å². The van der Waals surface area contributed by atoms with Crippen molar-refractivity contribution in [2.24, 2.45) is 0 Å². The summed E-state index contributed by atoms with van der Waals surface area (Å²) < 4.78 is 5.24. The number of aromatic nitrogens is 2. The monoisotopic (exact) mass is 200 g/mol. The number of aryl methyl sites for hydroxylation is 1. The Bertz CT molecular complexity index is 254. The highest BCUT2D eigenvalue weighted by atomic mass is 35.5. The summed E-state index contributed by atoms with van der Waals surface area (Å²) in [5.74, 6) is 1.31. The van der Waals surface area contributed by atoms with Crippen LogP contribution < -0.4 is 4.74 Å². The van der Waals surface area contributed by atoms with E-state index in [9.17, 15) is 0 Å². The Morgan fingerprint density at radius 3 is 2.77 bits per heavy atom. The molecular formula is C9H13ClN2O. The highest BCUT2D eigenvalue weighted by molar-refractivity contribution is 6.29. The molecule has 0 aromatic carbocycles. The molecule has 13 heavy (non-hydrogen) atoms. The second-order valence-corrected chi connectivity index (χ2v) is 3.02. The average Bonchev–Trinajstić information content (AvgIpc) is 2.04. The van der Waals surface area contributed by atoms with E-state index in [1.807, 2.05) is 6.92 Å². The molecule has 0 aliphatic rings. The number of halogens is 1. The number of hydrogen-bond donors (Lipinski definition) is 0. The van der Waals surface area contributed by atoms with Gasteiger partial charge in [0.15, 0.2) is 0 Å². The summed E-state index contributed by atoms with van der Waals surface area (Å²) >= 11 is 5.79. The number of nitrogens with zero attached hydrogens (tertiary/aromatic N) is 2. The van der Waals surface area contributed by atoms with Gasteiger partial charge in [-0.2, -0.15) is 4.98 Å². The standard InChI is InChI=1S/C9H13ClN2O/c1-3-5-8-11-7(10)6-9(12-8)13-4-2/h6H,3-5H2,1-2H3. The molecule has 4 heteroatoms. The molecule has 0 N–H and O–H groups in total. The van der Waals surface area contributed by atoms with Gasteiger partial charge in [0.2, 0.25) is 5.88 Å². The first-order valence-electron chi connectivity index (χ1n) is 4.42. The van der Waals surface area contributed by atoms with Gasteiger partial charge < -0.3 is 4.74 Å². The first-order valence-corrected chi connectivity index (χ1v) is 4.80. The zero-order chi connectivity index (χ0) is 9.68. The lowest BCUT2D eigenvalue weighted by molar-refractivity contribution is 0.325. The average molecular weight is 201 g/mol. The molecule has 0 bridgehead atoms. The van der Waals surface area contributed by atoms with Crippen LogP contribution in [0.15, 0.2) is 6.07 Å². The first-order chi connectivity index (χ1) is 6.26. The van der Waals surface area contributed by atoms with E-state index >= 15 is 0 Å². The zero-order valence-corrected chi connectivity index (χ0v) is 8.64. The summed E-state index contributed by atoms with van der Waals surface area (Å²) in [6.45, 7) is 4.58. The molecule has 0 fully saturated rings. The molecule has 0 aliphatic heterocycles. The number of ether oxygens (including phenoxy) is 1. The number of hydrogen-bond acceptors (Lipinski definition) is 3. The zero-order valence-electron chi connectivity index (χ0n) is 7.88. The van der Waals surface area contributed by atoms with Crippen LogP contribution in [0.1, 0.15) is 26.1 Å². The Morgan fingerprint density at radius 2 is 2.15 bits per heavy atom. The van der Waals surface area contributed by atoms with Gasteiger partial charge in [0, 0.05) is 12.5 Å². The fourth-order valence-electron chi connectivity index (χ4n) is 0.999. The lowest BCUT2D eigenvalue weighted by Gasteiger charge is -2.04. The molecule has 0 radical (unpaired) electrons. The van der Waals surface area contributed by atoms with Crippen LogP contribution in [0.4, 0.5) is 0 Å². The van der Waals surface area contributed by atoms with E-state index in [0.29, 0.717) is 17.6 Å². The van der Waals surface area contributed by atoms with E-state index in [-0.39, 0.29) is 0 Å².